The van der Waals surface area contributed by atoms with E-state index in [9.17, 15) is 17.6 Å². The van der Waals surface area contributed by atoms with E-state index < -0.39 is 17.6 Å². The quantitative estimate of drug-likeness (QED) is 0.784. The van der Waals surface area contributed by atoms with Gasteiger partial charge in [0.05, 0.1) is 5.56 Å². The summed E-state index contributed by atoms with van der Waals surface area (Å²) in [5.41, 5.74) is -0.747. The highest BCUT2D eigenvalue weighted by Gasteiger charge is 2.31. The molecule has 0 aliphatic rings. The number of hydrogen-bond acceptors (Lipinski definition) is 2. The zero-order chi connectivity index (χ0) is 14.5. The van der Waals surface area contributed by atoms with Gasteiger partial charge in [-0.25, -0.2) is 4.39 Å². The minimum absolute atomic E-state index is 0.00241. The maximum absolute atomic E-state index is 13.1. The number of rotatable bonds is 6. The van der Waals surface area contributed by atoms with E-state index in [0.29, 0.717) is 12.5 Å². The van der Waals surface area contributed by atoms with Crippen LogP contribution in [0.2, 0.25) is 0 Å². The third-order valence-electron chi connectivity index (χ3n) is 2.85. The van der Waals surface area contributed by atoms with E-state index in [0.717, 1.165) is 18.6 Å². The second kappa shape index (κ2) is 6.86. The van der Waals surface area contributed by atoms with Crippen molar-refractivity contribution in [3.05, 3.63) is 35.1 Å². The molecule has 19 heavy (non-hydrogen) atoms. The number of alkyl halides is 3. The normalized spacial score (nSPS) is 13.6. The van der Waals surface area contributed by atoms with Gasteiger partial charge in [0, 0.05) is 19.2 Å². The molecule has 0 amide bonds. The van der Waals surface area contributed by atoms with Crippen LogP contribution in [0.5, 0.6) is 0 Å². The van der Waals surface area contributed by atoms with Crippen molar-refractivity contribution >= 4 is 0 Å². The topological polar surface area (TPSA) is 32.3 Å². The van der Waals surface area contributed by atoms with Crippen LogP contribution in [0, 0.1) is 5.82 Å². The predicted molar refractivity (Wildman–Crippen MR) is 64.0 cm³/mol. The zero-order valence-corrected chi connectivity index (χ0v) is 10.6. The fourth-order valence-electron chi connectivity index (χ4n) is 1.78. The van der Waals surface area contributed by atoms with Gasteiger partial charge in [-0.2, -0.15) is 13.2 Å². The number of nitrogens with one attached hydrogen (secondary N) is 1. The Kier molecular flexibility index (Phi) is 5.75. The van der Waals surface area contributed by atoms with Crippen molar-refractivity contribution in [1.29, 1.82) is 0 Å². The number of hydrogen-bond donors (Lipinski definition) is 2. The maximum atomic E-state index is 13.1. The molecule has 0 saturated heterocycles. The molecule has 2 N–H and O–H groups in total. The van der Waals surface area contributed by atoms with Crippen molar-refractivity contribution in [2.45, 2.75) is 38.5 Å². The number of aliphatic hydroxyl groups is 1. The summed E-state index contributed by atoms with van der Waals surface area (Å²) < 4.78 is 50.7. The largest absolute Gasteiger partial charge is 0.416 e. The van der Waals surface area contributed by atoms with Gasteiger partial charge >= 0.3 is 6.18 Å². The molecule has 0 bridgehead atoms. The number of aliphatic hydroxyl groups excluding tert-OH is 1. The van der Waals surface area contributed by atoms with E-state index in [-0.39, 0.29) is 24.8 Å². The third kappa shape index (κ3) is 5.16. The molecule has 1 atom stereocenters. The van der Waals surface area contributed by atoms with E-state index >= 15 is 0 Å². The average Bonchev–Trinajstić information content (AvgIpc) is 2.32. The Bertz CT molecular complexity index is 406. The molecule has 6 heteroatoms. The van der Waals surface area contributed by atoms with Gasteiger partial charge in [0.1, 0.15) is 5.82 Å². The smallest absolute Gasteiger partial charge is 0.396 e. The molecule has 1 aromatic carbocycles. The Morgan fingerprint density at radius 1 is 1.26 bits per heavy atom. The first kappa shape index (κ1) is 15.9. The van der Waals surface area contributed by atoms with Crippen molar-refractivity contribution < 1.29 is 22.7 Å². The molecule has 0 aromatic heterocycles. The van der Waals surface area contributed by atoms with E-state index in [4.69, 9.17) is 5.11 Å². The zero-order valence-electron chi connectivity index (χ0n) is 10.6. The van der Waals surface area contributed by atoms with Gasteiger partial charge in [0.2, 0.25) is 0 Å². The molecule has 108 valence electrons. The van der Waals surface area contributed by atoms with Crippen molar-refractivity contribution in [1.82, 2.24) is 5.32 Å². The minimum Gasteiger partial charge on any atom is -0.396 e. The Morgan fingerprint density at radius 3 is 2.47 bits per heavy atom. The molecule has 0 aliphatic carbocycles. The monoisotopic (exact) mass is 279 g/mol. The minimum atomic E-state index is -4.55. The van der Waals surface area contributed by atoms with Gasteiger partial charge in [-0.05, 0) is 36.6 Å². The Morgan fingerprint density at radius 2 is 1.95 bits per heavy atom. The van der Waals surface area contributed by atoms with Gasteiger partial charge in [0.15, 0.2) is 0 Å². The van der Waals surface area contributed by atoms with Crippen LogP contribution in [-0.2, 0) is 12.7 Å². The van der Waals surface area contributed by atoms with Gasteiger partial charge in [-0.1, -0.05) is 6.92 Å². The van der Waals surface area contributed by atoms with Crippen LogP contribution in [0.25, 0.3) is 0 Å². The van der Waals surface area contributed by atoms with Crippen LogP contribution in [0.4, 0.5) is 17.6 Å². The fraction of sp³-hybridized carbons (Fsp3) is 0.538. The third-order valence-corrected chi connectivity index (χ3v) is 2.85. The summed E-state index contributed by atoms with van der Waals surface area (Å²) in [5, 5.41) is 11.8. The standard InChI is InChI=1S/C13H17F4NO/c1-2-12(3-4-19)18-8-9-5-10(13(15,16)17)7-11(14)6-9/h5-7,12,18-19H,2-4,8H2,1H3. The van der Waals surface area contributed by atoms with Gasteiger partial charge in [-0.15, -0.1) is 0 Å². The van der Waals surface area contributed by atoms with Gasteiger partial charge in [-0.3, -0.25) is 0 Å². The Labute approximate surface area is 109 Å². The van der Waals surface area contributed by atoms with Crippen molar-refractivity contribution in [3.8, 4) is 0 Å². The lowest BCUT2D eigenvalue weighted by molar-refractivity contribution is -0.137. The second-order valence-corrected chi connectivity index (χ2v) is 4.34. The summed E-state index contributed by atoms with van der Waals surface area (Å²) in [6, 6.07) is 2.49. The first-order chi connectivity index (χ1) is 8.86. The Hall–Kier alpha value is -1.14. The summed E-state index contributed by atoms with van der Waals surface area (Å²) in [4.78, 5) is 0. The van der Waals surface area contributed by atoms with Crippen molar-refractivity contribution in [2.24, 2.45) is 0 Å². The van der Waals surface area contributed by atoms with E-state index in [1.165, 1.54) is 0 Å². The lowest BCUT2D eigenvalue weighted by Gasteiger charge is -2.16. The maximum Gasteiger partial charge on any atom is 0.416 e. The van der Waals surface area contributed by atoms with Crippen LogP contribution < -0.4 is 5.32 Å². The summed E-state index contributed by atoms with van der Waals surface area (Å²) in [6.45, 7) is 2.04. The average molecular weight is 279 g/mol. The van der Waals surface area contributed by atoms with Crippen molar-refractivity contribution in [3.63, 3.8) is 0 Å². The molecular weight excluding hydrogens is 262 g/mol. The van der Waals surface area contributed by atoms with E-state index in [2.05, 4.69) is 5.32 Å². The van der Waals surface area contributed by atoms with Crippen molar-refractivity contribution in [2.75, 3.05) is 6.61 Å². The highest BCUT2D eigenvalue weighted by molar-refractivity contribution is 5.26. The van der Waals surface area contributed by atoms with Gasteiger partial charge in [0.25, 0.3) is 0 Å². The molecule has 0 aliphatic heterocycles. The lowest BCUT2D eigenvalue weighted by atomic mass is 10.1. The first-order valence-corrected chi connectivity index (χ1v) is 6.07. The highest BCUT2D eigenvalue weighted by Crippen LogP contribution is 2.30. The number of halogens is 4. The molecule has 2 nitrogen and oxygen atoms in total. The van der Waals surface area contributed by atoms with Gasteiger partial charge < -0.3 is 10.4 Å². The van der Waals surface area contributed by atoms with E-state index in [1.54, 1.807) is 0 Å². The summed E-state index contributed by atoms with van der Waals surface area (Å²) in [7, 11) is 0. The summed E-state index contributed by atoms with van der Waals surface area (Å²) >= 11 is 0. The number of benzene rings is 1. The van der Waals surface area contributed by atoms with Crippen LogP contribution in [0.15, 0.2) is 18.2 Å². The molecule has 0 radical (unpaired) electrons. The highest BCUT2D eigenvalue weighted by atomic mass is 19.4. The molecule has 1 unspecified atom stereocenters. The first-order valence-electron chi connectivity index (χ1n) is 6.07. The lowest BCUT2D eigenvalue weighted by Crippen LogP contribution is -2.29. The molecule has 0 saturated carbocycles. The van der Waals surface area contributed by atoms with E-state index in [1.807, 2.05) is 6.92 Å². The van der Waals surface area contributed by atoms with Crippen LogP contribution in [0.3, 0.4) is 0 Å². The molecule has 1 rings (SSSR count). The molecule has 0 heterocycles. The molecule has 0 fully saturated rings. The second-order valence-electron chi connectivity index (χ2n) is 4.34. The van der Waals surface area contributed by atoms with Crippen LogP contribution in [0.1, 0.15) is 30.9 Å². The molecule has 0 spiro atoms. The predicted octanol–water partition coefficient (Wildman–Crippen LogP) is 3.10. The SMILES string of the molecule is CCC(CCO)NCc1cc(F)cc(C(F)(F)F)c1. The summed E-state index contributed by atoms with van der Waals surface area (Å²) in [5.74, 6) is -0.901. The molecular formula is C13H17F4NO. The Balaban J connectivity index is 2.76. The summed E-state index contributed by atoms with van der Waals surface area (Å²) in [6.07, 6.45) is -3.30. The fourth-order valence-corrected chi connectivity index (χ4v) is 1.78. The van der Waals surface area contributed by atoms with Crippen LogP contribution >= 0.6 is 0 Å². The van der Waals surface area contributed by atoms with Crippen LogP contribution in [-0.4, -0.2) is 17.8 Å². The molecule has 1 aromatic rings.